The van der Waals surface area contributed by atoms with Crippen molar-refractivity contribution >= 4 is 41.1 Å². The van der Waals surface area contributed by atoms with Gasteiger partial charge in [-0.25, -0.2) is 4.79 Å². The molecule has 7 heteroatoms. The lowest BCUT2D eigenvalue weighted by Crippen LogP contribution is -2.33. The highest BCUT2D eigenvalue weighted by Crippen LogP contribution is 2.43. The number of hydrogen-bond donors (Lipinski definition) is 0. The van der Waals surface area contributed by atoms with Crippen LogP contribution in [-0.2, 0) is 16.0 Å². The fourth-order valence-corrected chi connectivity index (χ4v) is 6.42. The van der Waals surface area contributed by atoms with Gasteiger partial charge in [-0.2, -0.15) is 0 Å². The Balaban J connectivity index is 1.35. The van der Waals surface area contributed by atoms with Gasteiger partial charge in [-0.3, -0.25) is 4.79 Å². The molecule has 2 heterocycles. The summed E-state index contributed by atoms with van der Waals surface area (Å²) in [6.45, 7) is 0.585. The molecule has 0 N–H and O–H groups in total. The van der Waals surface area contributed by atoms with Crippen LogP contribution in [0.3, 0.4) is 0 Å². The molecule has 152 valence electrons. The Morgan fingerprint density at radius 1 is 1.10 bits per heavy atom. The molecule has 1 amide bonds. The van der Waals surface area contributed by atoms with Gasteiger partial charge in [-0.05, 0) is 65.8 Å². The van der Waals surface area contributed by atoms with E-state index >= 15 is 0 Å². The number of carbonyl (C=O) groups excluding carboxylic acids is 2. The van der Waals surface area contributed by atoms with Crippen molar-refractivity contribution in [3.63, 3.8) is 0 Å². The molecule has 2 aromatic rings. The molecule has 4 rings (SSSR count). The lowest BCUT2D eigenvalue weighted by molar-refractivity contribution is -0.120. The average Bonchev–Trinajstić information content (AvgIpc) is 3.21. The van der Waals surface area contributed by atoms with E-state index in [1.54, 1.807) is 23.1 Å². The average molecular weight is 430 g/mol. The number of fused-ring (bicyclic) bond motifs is 1. The zero-order valence-corrected chi connectivity index (χ0v) is 17.9. The summed E-state index contributed by atoms with van der Waals surface area (Å²) in [5.41, 5.74) is 3.63. The maximum Gasteiger partial charge on any atom is 0.337 e. The van der Waals surface area contributed by atoms with E-state index in [1.165, 1.54) is 30.6 Å². The maximum atomic E-state index is 12.7. The number of carbonyl (C=O) groups is 2. The third-order valence-corrected chi connectivity index (χ3v) is 8.05. The van der Waals surface area contributed by atoms with Gasteiger partial charge in [0.1, 0.15) is 5.75 Å². The van der Waals surface area contributed by atoms with Crippen LogP contribution in [0.15, 0.2) is 42.5 Å². The molecule has 0 spiro atoms. The van der Waals surface area contributed by atoms with Gasteiger partial charge in [0.15, 0.2) is 6.61 Å². The Bertz CT molecular complexity index is 894. The van der Waals surface area contributed by atoms with Crippen LogP contribution in [-0.4, -0.2) is 43.6 Å². The summed E-state index contributed by atoms with van der Waals surface area (Å²) in [7, 11) is 1.36. The third kappa shape index (κ3) is 4.56. The van der Waals surface area contributed by atoms with Crippen LogP contribution in [0.4, 0.5) is 5.69 Å². The second-order valence-electron chi connectivity index (χ2n) is 6.92. The molecule has 0 atom stereocenters. The van der Waals surface area contributed by atoms with Gasteiger partial charge in [0.05, 0.1) is 17.3 Å². The summed E-state index contributed by atoms with van der Waals surface area (Å²) in [5.74, 6) is 2.67. The van der Waals surface area contributed by atoms with Crippen LogP contribution in [0.5, 0.6) is 5.75 Å². The van der Waals surface area contributed by atoms with E-state index in [0.717, 1.165) is 17.7 Å². The molecular formula is C22H23NO4S2. The second-order valence-corrected chi connectivity index (χ2v) is 9.64. The summed E-state index contributed by atoms with van der Waals surface area (Å²) in [6, 6.07) is 13.4. The monoisotopic (exact) mass is 429 g/mol. The van der Waals surface area contributed by atoms with E-state index in [0.29, 0.717) is 22.4 Å². The minimum atomic E-state index is -0.366. The third-order valence-electron chi connectivity index (χ3n) is 5.04. The fourth-order valence-electron chi connectivity index (χ4n) is 3.53. The quantitative estimate of drug-likeness (QED) is 0.660. The Morgan fingerprint density at radius 2 is 1.86 bits per heavy atom. The highest BCUT2D eigenvalue weighted by molar-refractivity contribution is 8.16. The number of nitrogens with zero attached hydrogens (tertiary/aromatic N) is 1. The van der Waals surface area contributed by atoms with Crippen molar-refractivity contribution in [2.24, 2.45) is 0 Å². The minimum Gasteiger partial charge on any atom is -0.484 e. The van der Waals surface area contributed by atoms with E-state index in [9.17, 15) is 9.59 Å². The molecule has 1 fully saturated rings. The van der Waals surface area contributed by atoms with Crippen molar-refractivity contribution in [3.05, 3.63) is 59.2 Å². The first-order chi connectivity index (χ1) is 14.2. The summed E-state index contributed by atoms with van der Waals surface area (Å²) in [6.07, 6.45) is 2.00. The molecule has 0 radical (unpaired) electrons. The van der Waals surface area contributed by atoms with E-state index in [-0.39, 0.29) is 18.5 Å². The maximum absolute atomic E-state index is 12.7. The number of esters is 1. The lowest BCUT2D eigenvalue weighted by atomic mass is 10.1. The molecular weight excluding hydrogens is 406 g/mol. The van der Waals surface area contributed by atoms with Gasteiger partial charge < -0.3 is 14.4 Å². The van der Waals surface area contributed by atoms with E-state index in [4.69, 9.17) is 9.47 Å². The predicted octanol–water partition coefficient (Wildman–Crippen LogP) is 4.31. The number of rotatable bonds is 5. The van der Waals surface area contributed by atoms with Crippen molar-refractivity contribution in [1.82, 2.24) is 0 Å². The Hall–Kier alpha value is -2.12. The van der Waals surface area contributed by atoms with E-state index in [1.807, 2.05) is 35.7 Å². The first-order valence-corrected chi connectivity index (χ1v) is 11.7. The van der Waals surface area contributed by atoms with Crippen molar-refractivity contribution in [3.8, 4) is 5.75 Å². The van der Waals surface area contributed by atoms with Crippen LogP contribution in [0, 0.1) is 0 Å². The lowest BCUT2D eigenvalue weighted by Gasteiger charge is -2.21. The van der Waals surface area contributed by atoms with Gasteiger partial charge in [0.25, 0.3) is 5.91 Å². The van der Waals surface area contributed by atoms with E-state index < -0.39 is 0 Å². The number of amides is 1. The highest BCUT2D eigenvalue weighted by Gasteiger charge is 2.26. The predicted molar refractivity (Wildman–Crippen MR) is 118 cm³/mol. The zero-order chi connectivity index (χ0) is 20.2. The molecule has 0 saturated carbocycles. The molecule has 0 unspecified atom stereocenters. The Kier molecular flexibility index (Phi) is 6.35. The van der Waals surface area contributed by atoms with E-state index in [2.05, 4.69) is 12.1 Å². The summed E-state index contributed by atoms with van der Waals surface area (Å²) < 4.78 is 11.0. The largest absolute Gasteiger partial charge is 0.484 e. The van der Waals surface area contributed by atoms with Crippen molar-refractivity contribution in [2.45, 2.75) is 17.4 Å². The number of methoxy groups -OCH3 is 1. The van der Waals surface area contributed by atoms with Crippen molar-refractivity contribution in [2.75, 3.05) is 36.7 Å². The van der Waals surface area contributed by atoms with Crippen LogP contribution < -0.4 is 9.64 Å². The topological polar surface area (TPSA) is 55.8 Å². The Labute approximate surface area is 179 Å². The molecule has 29 heavy (non-hydrogen) atoms. The standard InChI is InChI=1S/C22H23NO4S2/c1-26-21(25)17-5-8-19-16(13-17)9-10-23(19)20(24)14-27-18-6-3-15(4-7-18)22-28-11-2-12-29-22/h3-8,13,22H,2,9-12,14H2,1H3. The summed E-state index contributed by atoms with van der Waals surface area (Å²) >= 11 is 3.97. The fraction of sp³-hybridized carbons (Fsp3) is 0.364. The van der Waals surface area contributed by atoms with Gasteiger partial charge in [0, 0.05) is 12.2 Å². The number of anilines is 1. The molecule has 0 aliphatic carbocycles. The number of ether oxygens (including phenoxy) is 2. The van der Waals surface area contributed by atoms with Gasteiger partial charge in [-0.15, -0.1) is 23.5 Å². The molecule has 5 nitrogen and oxygen atoms in total. The highest BCUT2D eigenvalue weighted by atomic mass is 32.2. The van der Waals surface area contributed by atoms with Crippen molar-refractivity contribution < 1.29 is 19.1 Å². The molecule has 0 bridgehead atoms. The smallest absolute Gasteiger partial charge is 0.337 e. The van der Waals surface area contributed by atoms with Crippen LogP contribution >= 0.6 is 23.5 Å². The van der Waals surface area contributed by atoms with Crippen LogP contribution in [0.2, 0.25) is 0 Å². The summed E-state index contributed by atoms with van der Waals surface area (Å²) in [5, 5.41) is 0. The van der Waals surface area contributed by atoms with Crippen LogP contribution in [0.1, 0.15) is 32.5 Å². The molecule has 2 aliphatic rings. The second kappa shape index (κ2) is 9.13. The molecule has 1 saturated heterocycles. The Morgan fingerprint density at radius 3 is 2.59 bits per heavy atom. The minimum absolute atomic E-state index is 0.00946. The number of thioether (sulfide) groups is 2. The normalized spacial score (nSPS) is 16.4. The zero-order valence-electron chi connectivity index (χ0n) is 16.3. The summed E-state index contributed by atoms with van der Waals surface area (Å²) in [4.78, 5) is 26.1. The van der Waals surface area contributed by atoms with Crippen molar-refractivity contribution in [1.29, 1.82) is 0 Å². The molecule has 0 aromatic heterocycles. The first-order valence-electron chi connectivity index (χ1n) is 9.63. The van der Waals surface area contributed by atoms with Gasteiger partial charge in [0.2, 0.25) is 0 Å². The van der Waals surface area contributed by atoms with Gasteiger partial charge in [-0.1, -0.05) is 12.1 Å². The van der Waals surface area contributed by atoms with Gasteiger partial charge >= 0.3 is 5.97 Å². The molecule has 2 aromatic carbocycles. The first kappa shape index (κ1) is 20.2. The molecule has 2 aliphatic heterocycles. The number of benzene rings is 2. The SMILES string of the molecule is COC(=O)c1ccc2c(c1)CCN2C(=O)COc1ccc(C2SCCCS2)cc1. The van der Waals surface area contributed by atoms with Crippen LogP contribution in [0.25, 0.3) is 0 Å². The number of hydrogen-bond acceptors (Lipinski definition) is 6.